The zero-order valence-corrected chi connectivity index (χ0v) is 10.0. The number of hydrogen-bond donors (Lipinski definition) is 2. The minimum Gasteiger partial charge on any atom is -0.396 e. The Bertz CT molecular complexity index is 565. The van der Waals surface area contributed by atoms with Crippen molar-refractivity contribution in [1.82, 2.24) is 9.97 Å². The van der Waals surface area contributed by atoms with Crippen molar-refractivity contribution in [3.63, 3.8) is 0 Å². The lowest BCUT2D eigenvalue weighted by molar-refractivity contribution is 0.277. The Morgan fingerprint density at radius 3 is 2.50 bits per heavy atom. The number of aliphatic hydroxyl groups is 1. The van der Waals surface area contributed by atoms with E-state index in [9.17, 15) is 5.11 Å². The molecule has 4 nitrogen and oxygen atoms in total. The van der Waals surface area contributed by atoms with E-state index in [0.29, 0.717) is 23.1 Å². The van der Waals surface area contributed by atoms with Gasteiger partial charge in [0.1, 0.15) is 0 Å². The maximum atomic E-state index is 9.35. The van der Waals surface area contributed by atoms with Gasteiger partial charge >= 0.3 is 0 Å². The average Bonchev–Trinajstić information content (AvgIpc) is 3.24. The summed E-state index contributed by atoms with van der Waals surface area (Å²) in [6, 6.07) is 9.78. The molecule has 92 valence electrons. The molecule has 1 fully saturated rings. The van der Waals surface area contributed by atoms with E-state index in [1.54, 1.807) is 0 Å². The molecule has 1 heterocycles. The zero-order chi connectivity index (χ0) is 12.5. The fourth-order valence-corrected chi connectivity index (χ4v) is 2.04. The molecule has 0 aliphatic heterocycles. The number of aliphatic hydroxyl groups excluding tert-OH is 1. The Hall–Kier alpha value is -1.94. The van der Waals surface area contributed by atoms with E-state index in [-0.39, 0.29) is 6.61 Å². The summed E-state index contributed by atoms with van der Waals surface area (Å²) < 4.78 is 0. The highest BCUT2D eigenvalue weighted by Gasteiger charge is 2.29. The van der Waals surface area contributed by atoms with Gasteiger partial charge in [0.05, 0.1) is 23.7 Å². The first-order valence-electron chi connectivity index (χ1n) is 6.12. The second-order valence-corrected chi connectivity index (χ2v) is 4.59. The van der Waals surface area contributed by atoms with E-state index in [1.165, 1.54) is 0 Å². The van der Waals surface area contributed by atoms with Gasteiger partial charge in [-0.2, -0.15) is 0 Å². The van der Waals surface area contributed by atoms with Gasteiger partial charge in [-0.15, -0.1) is 0 Å². The molecule has 0 bridgehead atoms. The molecule has 0 saturated heterocycles. The first kappa shape index (κ1) is 11.2. The van der Waals surface area contributed by atoms with Crippen molar-refractivity contribution in [2.24, 2.45) is 0 Å². The van der Waals surface area contributed by atoms with E-state index < -0.39 is 0 Å². The molecule has 0 spiro atoms. The Balaban J connectivity index is 2.13. The van der Waals surface area contributed by atoms with Crippen molar-refractivity contribution >= 4 is 5.69 Å². The van der Waals surface area contributed by atoms with Crippen LogP contribution < -0.4 is 5.73 Å². The zero-order valence-electron chi connectivity index (χ0n) is 10.0. The maximum absolute atomic E-state index is 9.35. The van der Waals surface area contributed by atoms with Crippen molar-refractivity contribution in [3.8, 4) is 11.4 Å². The number of anilines is 1. The van der Waals surface area contributed by atoms with Gasteiger partial charge in [-0.25, -0.2) is 9.97 Å². The highest BCUT2D eigenvalue weighted by atomic mass is 16.3. The van der Waals surface area contributed by atoms with Crippen LogP contribution in [-0.2, 0) is 6.61 Å². The number of nitrogens with zero attached hydrogens (tertiary/aromatic N) is 2. The maximum Gasteiger partial charge on any atom is 0.159 e. The molecule has 0 unspecified atom stereocenters. The summed E-state index contributed by atoms with van der Waals surface area (Å²) in [6.45, 7) is -0.145. The molecular formula is C14H15N3O. The molecule has 1 aromatic carbocycles. The molecule has 0 atom stereocenters. The Labute approximate surface area is 106 Å². The number of nitrogen functional groups attached to an aromatic ring is 1. The molecular weight excluding hydrogens is 226 g/mol. The standard InChI is InChI=1S/C14H15N3O/c15-12-11(8-18)16-14(10-4-2-1-3-5-10)17-13(12)9-6-7-9/h1-5,9,18H,6-8,15H2. The topological polar surface area (TPSA) is 72.0 Å². The number of rotatable bonds is 3. The highest BCUT2D eigenvalue weighted by molar-refractivity contribution is 5.60. The van der Waals surface area contributed by atoms with E-state index in [1.807, 2.05) is 30.3 Å². The molecule has 0 radical (unpaired) electrons. The van der Waals surface area contributed by atoms with Crippen LogP contribution in [0.3, 0.4) is 0 Å². The van der Waals surface area contributed by atoms with Crippen LogP contribution in [0.25, 0.3) is 11.4 Å². The smallest absolute Gasteiger partial charge is 0.159 e. The molecule has 3 rings (SSSR count). The lowest BCUT2D eigenvalue weighted by atomic mass is 10.1. The van der Waals surface area contributed by atoms with Crippen LogP contribution >= 0.6 is 0 Å². The van der Waals surface area contributed by atoms with E-state index in [2.05, 4.69) is 9.97 Å². The van der Waals surface area contributed by atoms with Crippen molar-refractivity contribution in [2.45, 2.75) is 25.4 Å². The third-order valence-corrected chi connectivity index (χ3v) is 3.20. The third-order valence-electron chi connectivity index (χ3n) is 3.20. The second-order valence-electron chi connectivity index (χ2n) is 4.59. The number of benzene rings is 1. The predicted octanol–water partition coefficient (Wildman–Crippen LogP) is 2.10. The number of nitrogens with two attached hydrogens (primary N) is 1. The van der Waals surface area contributed by atoms with Crippen LogP contribution in [0.15, 0.2) is 30.3 Å². The summed E-state index contributed by atoms with van der Waals surface area (Å²) in [7, 11) is 0. The molecule has 0 amide bonds. The summed E-state index contributed by atoms with van der Waals surface area (Å²) in [5.41, 5.74) is 8.93. The van der Waals surface area contributed by atoms with Gasteiger partial charge in [0, 0.05) is 11.5 Å². The summed E-state index contributed by atoms with van der Waals surface area (Å²) in [6.07, 6.45) is 2.25. The Kier molecular flexibility index (Phi) is 2.72. The van der Waals surface area contributed by atoms with Crippen molar-refractivity contribution < 1.29 is 5.11 Å². The van der Waals surface area contributed by atoms with Crippen molar-refractivity contribution in [3.05, 3.63) is 41.7 Å². The SMILES string of the molecule is Nc1c(CO)nc(-c2ccccc2)nc1C1CC1. The van der Waals surface area contributed by atoms with E-state index >= 15 is 0 Å². The molecule has 1 aromatic heterocycles. The van der Waals surface area contributed by atoms with Gasteiger partial charge in [-0.1, -0.05) is 30.3 Å². The first-order valence-corrected chi connectivity index (χ1v) is 6.12. The van der Waals surface area contributed by atoms with Gasteiger partial charge in [0.2, 0.25) is 0 Å². The fourth-order valence-electron chi connectivity index (χ4n) is 2.04. The normalized spacial score (nSPS) is 14.7. The molecule has 18 heavy (non-hydrogen) atoms. The first-order chi connectivity index (χ1) is 8.79. The van der Waals surface area contributed by atoms with E-state index in [0.717, 1.165) is 24.1 Å². The fraction of sp³-hybridized carbons (Fsp3) is 0.286. The Morgan fingerprint density at radius 2 is 1.89 bits per heavy atom. The largest absolute Gasteiger partial charge is 0.396 e. The summed E-state index contributed by atoms with van der Waals surface area (Å²) >= 11 is 0. The van der Waals surface area contributed by atoms with Gasteiger partial charge < -0.3 is 10.8 Å². The van der Waals surface area contributed by atoms with Crippen molar-refractivity contribution in [2.75, 3.05) is 5.73 Å². The van der Waals surface area contributed by atoms with Crippen LogP contribution in [0.2, 0.25) is 0 Å². The lowest BCUT2D eigenvalue weighted by Crippen LogP contribution is -2.07. The quantitative estimate of drug-likeness (QED) is 0.863. The van der Waals surface area contributed by atoms with Crippen LogP contribution in [0, 0.1) is 0 Å². The second kappa shape index (κ2) is 4.38. The van der Waals surface area contributed by atoms with Gasteiger partial charge in [-0.3, -0.25) is 0 Å². The van der Waals surface area contributed by atoms with Crippen LogP contribution in [0.4, 0.5) is 5.69 Å². The molecule has 3 N–H and O–H groups in total. The minimum absolute atomic E-state index is 0.145. The average molecular weight is 241 g/mol. The lowest BCUT2D eigenvalue weighted by Gasteiger charge is -2.10. The van der Waals surface area contributed by atoms with Crippen LogP contribution in [-0.4, -0.2) is 15.1 Å². The van der Waals surface area contributed by atoms with Gasteiger partial charge in [0.15, 0.2) is 5.82 Å². The summed E-state index contributed by atoms with van der Waals surface area (Å²) in [5.74, 6) is 1.09. The summed E-state index contributed by atoms with van der Waals surface area (Å²) in [4.78, 5) is 8.91. The molecule has 2 aromatic rings. The summed E-state index contributed by atoms with van der Waals surface area (Å²) in [5, 5.41) is 9.35. The molecule has 1 aliphatic carbocycles. The molecule has 4 heteroatoms. The van der Waals surface area contributed by atoms with Gasteiger partial charge in [0.25, 0.3) is 0 Å². The highest BCUT2D eigenvalue weighted by Crippen LogP contribution is 2.42. The molecule has 1 saturated carbocycles. The third kappa shape index (κ3) is 1.95. The number of aromatic nitrogens is 2. The Morgan fingerprint density at radius 1 is 1.17 bits per heavy atom. The number of hydrogen-bond acceptors (Lipinski definition) is 4. The van der Waals surface area contributed by atoms with E-state index in [4.69, 9.17) is 5.73 Å². The van der Waals surface area contributed by atoms with Crippen molar-refractivity contribution in [1.29, 1.82) is 0 Å². The van der Waals surface area contributed by atoms with Gasteiger partial charge in [-0.05, 0) is 12.8 Å². The molecule has 1 aliphatic rings. The predicted molar refractivity (Wildman–Crippen MR) is 69.8 cm³/mol. The minimum atomic E-state index is -0.145. The van der Waals surface area contributed by atoms with Crippen LogP contribution in [0.1, 0.15) is 30.1 Å². The van der Waals surface area contributed by atoms with Crippen LogP contribution in [0.5, 0.6) is 0 Å². The monoisotopic (exact) mass is 241 g/mol.